The molecule has 0 aliphatic heterocycles. The molecule has 0 amide bonds. The molecule has 0 aromatic carbocycles. The predicted molar refractivity (Wildman–Crippen MR) is 53.1 cm³/mol. The number of aromatic amines is 1. The Balaban J connectivity index is 2.50. The third-order valence-corrected chi connectivity index (χ3v) is 1.88. The van der Waals surface area contributed by atoms with E-state index in [1.54, 1.807) is 12.1 Å². The van der Waals surface area contributed by atoms with E-state index in [1.807, 2.05) is 0 Å². The molecule has 5 heteroatoms. The molecule has 0 aliphatic rings. The van der Waals surface area contributed by atoms with Crippen LogP contribution in [0, 0.1) is 0 Å². The van der Waals surface area contributed by atoms with Gasteiger partial charge in [0.2, 0.25) is 0 Å². The van der Waals surface area contributed by atoms with Crippen molar-refractivity contribution in [3.05, 3.63) is 46.1 Å². The van der Waals surface area contributed by atoms with Gasteiger partial charge in [-0.15, -0.1) is 0 Å². The lowest BCUT2D eigenvalue weighted by atomic mass is 10.3. The van der Waals surface area contributed by atoms with Crippen molar-refractivity contribution in [3.8, 4) is 11.4 Å². The Hall–Kier alpha value is -1.68. The third kappa shape index (κ3) is 1.80. The lowest BCUT2D eigenvalue weighted by molar-refractivity contribution is 1.12. The molecule has 0 spiro atoms. The highest BCUT2D eigenvalue weighted by molar-refractivity contribution is 6.30. The maximum atomic E-state index is 11.0. The number of pyridine rings is 1. The Kier molecular flexibility index (Phi) is 2.28. The molecule has 2 rings (SSSR count). The zero-order chi connectivity index (χ0) is 9.97. The van der Waals surface area contributed by atoms with Crippen molar-refractivity contribution in [2.45, 2.75) is 0 Å². The van der Waals surface area contributed by atoms with Crippen LogP contribution in [0.5, 0.6) is 0 Å². The van der Waals surface area contributed by atoms with Gasteiger partial charge in [0, 0.05) is 6.20 Å². The normalized spacial score (nSPS) is 10.1. The average molecular weight is 208 g/mol. The first-order chi connectivity index (χ1) is 6.75. The molecule has 0 saturated carbocycles. The highest BCUT2D eigenvalue weighted by atomic mass is 35.5. The summed E-state index contributed by atoms with van der Waals surface area (Å²) >= 11 is 5.68. The predicted octanol–water partition coefficient (Wildman–Crippen LogP) is 1.49. The van der Waals surface area contributed by atoms with E-state index < -0.39 is 0 Å². The van der Waals surface area contributed by atoms with Gasteiger partial charge in [0.15, 0.2) is 0 Å². The van der Waals surface area contributed by atoms with Crippen LogP contribution < -0.4 is 5.56 Å². The minimum Gasteiger partial charge on any atom is -0.318 e. The Morgan fingerprint density at radius 2 is 2.07 bits per heavy atom. The summed E-state index contributed by atoms with van der Waals surface area (Å²) in [6.45, 7) is 0. The molecule has 0 aliphatic carbocycles. The summed E-state index contributed by atoms with van der Waals surface area (Å²) in [5, 5.41) is 0.556. The van der Waals surface area contributed by atoms with Crippen LogP contribution in [0.4, 0.5) is 0 Å². The summed E-state index contributed by atoms with van der Waals surface area (Å²) in [7, 11) is 0. The molecule has 0 saturated heterocycles. The molecule has 4 nitrogen and oxygen atoms in total. The van der Waals surface area contributed by atoms with E-state index >= 15 is 0 Å². The molecule has 0 atom stereocenters. The fourth-order valence-corrected chi connectivity index (χ4v) is 1.15. The number of H-pyrrole nitrogens is 1. The second kappa shape index (κ2) is 3.59. The Morgan fingerprint density at radius 3 is 2.71 bits per heavy atom. The lowest BCUT2D eigenvalue weighted by Gasteiger charge is -1.98. The summed E-state index contributed by atoms with van der Waals surface area (Å²) in [5.41, 5.74) is 0.966. The summed E-state index contributed by atoms with van der Waals surface area (Å²) in [5.74, 6) is 0. The Labute approximate surface area is 84.6 Å². The zero-order valence-electron chi connectivity index (χ0n) is 7.07. The molecule has 0 radical (unpaired) electrons. The first-order valence-electron chi connectivity index (χ1n) is 3.92. The van der Waals surface area contributed by atoms with E-state index in [0.717, 1.165) is 0 Å². The van der Waals surface area contributed by atoms with Gasteiger partial charge in [0.05, 0.1) is 28.8 Å². The number of nitrogens with zero attached hydrogens (tertiary/aromatic N) is 2. The summed E-state index contributed by atoms with van der Waals surface area (Å²) in [4.78, 5) is 21.4. The van der Waals surface area contributed by atoms with Crippen molar-refractivity contribution < 1.29 is 0 Å². The quantitative estimate of drug-likeness (QED) is 0.771. The van der Waals surface area contributed by atoms with E-state index in [2.05, 4.69) is 15.0 Å². The van der Waals surface area contributed by atoms with Crippen LogP contribution >= 0.6 is 11.6 Å². The number of hydrogen-bond donors (Lipinski definition) is 1. The van der Waals surface area contributed by atoms with Crippen LogP contribution in [0.3, 0.4) is 0 Å². The average Bonchev–Trinajstić information content (AvgIpc) is 2.19. The highest BCUT2D eigenvalue weighted by Crippen LogP contribution is 2.13. The van der Waals surface area contributed by atoms with Gasteiger partial charge in [-0.2, -0.15) is 0 Å². The van der Waals surface area contributed by atoms with Crippen LogP contribution in [0.1, 0.15) is 0 Å². The zero-order valence-corrected chi connectivity index (χ0v) is 7.82. The van der Waals surface area contributed by atoms with Gasteiger partial charge in [-0.05, 0) is 12.1 Å². The SMILES string of the molecule is O=c1cncc(-c2ccc(Cl)cn2)[nH]1. The largest absolute Gasteiger partial charge is 0.318 e. The standard InChI is InChI=1S/C9H6ClN3O/c10-6-1-2-7(12-3-6)8-4-11-5-9(14)13-8/h1-5H,(H,13,14). The van der Waals surface area contributed by atoms with Crippen LogP contribution in [-0.4, -0.2) is 15.0 Å². The van der Waals surface area contributed by atoms with Gasteiger partial charge >= 0.3 is 0 Å². The van der Waals surface area contributed by atoms with E-state index in [-0.39, 0.29) is 5.56 Å². The van der Waals surface area contributed by atoms with E-state index in [9.17, 15) is 4.79 Å². The molecule has 0 fully saturated rings. The van der Waals surface area contributed by atoms with Crippen molar-refractivity contribution in [2.24, 2.45) is 0 Å². The molecular weight excluding hydrogens is 202 g/mol. The minimum absolute atomic E-state index is 0.251. The molecular formula is C9H6ClN3O. The van der Waals surface area contributed by atoms with Crippen LogP contribution in [0.2, 0.25) is 5.02 Å². The Bertz CT molecular complexity index is 492. The molecule has 70 valence electrons. The van der Waals surface area contributed by atoms with Gasteiger partial charge in [-0.25, -0.2) is 0 Å². The molecule has 2 heterocycles. The smallest absolute Gasteiger partial charge is 0.266 e. The van der Waals surface area contributed by atoms with Crippen molar-refractivity contribution in [1.29, 1.82) is 0 Å². The Morgan fingerprint density at radius 1 is 1.21 bits per heavy atom. The van der Waals surface area contributed by atoms with Crippen LogP contribution in [0.25, 0.3) is 11.4 Å². The maximum Gasteiger partial charge on any atom is 0.266 e. The number of nitrogens with one attached hydrogen (secondary N) is 1. The second-order valence-electron chi connectivity index (χ2n) is 2.67. The minimum atomic E-state index is -0.251. The molecule has 2 aromatic rings. The van der Waals surface area contributed by atoms with Gasteiger partial charge < -0.3 is 4.98 Å². The van der Waals surface area contributed by atoms with E-state index in [0.29, 0.717) is 16.4 Å². The topological polar surface area (TPSA) is 58.6 Å². The van der Waals surface area contributed by atoms with Crippen molar-refractivity contribution >= 4 is 11.6 Å². The van der Waals surface area contributed by atoms with Gasteiger partial charge in [-0.1, -0.05) is 11.6 Å². The fourth-order valence-electron chi connectivity index (χ4n) is 1.04. The van der Waals surface area contributed by atoms with E-state index in [1.165, 1.54) is 18.6 Å². The summed E-state index contributed by atoms with van der Waals surface area (Å²) < 4.78 is 0. The lowest BCUT2D eigenvalue weighted by Crippen LogP contribution is -2.06. The molecule has 2 aromatic heterocycles. The first kappa shape index (κ1) is 8.90. The van der Waals surface area contributed by atoms with Crippen molar-refractivity contribution in [2.75, 3.05) is 0 Å². The number of aromatic nitrogens is 3. The summed E-state index contributed by atoms with van der Waals surface area (Å²) in [6.07, 6.45) is 4.26. The molecule has 0 bridgehead atoms. The molecule has 14 heavy (non-hydrogen) atoms. The van der Waals surface area contributed by atoms with E-state index in [4.69, 9.17) is 11.6 Å². The van der Waals surface area contributed by atoms with Crippen LogP contribution in [-0.2, 0) is 0 Å². The number of halogens is 1. The molecule has 1 N–H and O–H groups in total. The van der Waals surface area contributed by atoms with Crippen molar-refractivity contribution in [1.82, 2.24) is 15.0 Å². The van der Waals surface area contributed by atoms with Gasteiger partial charge in [0.25, 0.3) is 5.56 Å². The summed E-state index contributed by atoms with van der Waals surface area (Å²) in [6, 6.07) is 3.42. The monoisotopic (exact) mass is 207 g/mol. The van der Waals surface area contributed by atoms with Crippen molar-refractivity contribution in [3.63, 3.8) is 0 Å². The fraction of sp³-hybridized carbons (Fsp3) is 0. The number of hydrogen-bond acceptors (Lipinski definition) is 3. The number of rotatable bonds is 1. The van der Waals surface area contributed by atoms with Gasteiger partial charge in [-0.3, -0.25) is 14.8 Å². The molecule has 0 unspecified atom stereocenters. The first-order valence-corrected chi connectivity index (χ1v) is 4.30. The second-order valence-corrected chi connectivity index (χ2v) is 3.11. The third-order valence-electron chi connectivity index (χ3n) is 1.66. The van der Waals surface area contributed by atoms with Crippen LogP contribution in [0.15, 0.2) is 35.5 Å². The maximum absolute atomic E-state index is 11.0. The van der Waals surface area contributed by atoms with Gasteiger partial charge in [0.1, 0.15) is 0 Å². The highest BCUT2D eigenvalue weighted by Gasteiger charge is 1.99.